The fourth-order valence-corrected chi connectivity index (χ4v) is 18.0. The minimum atomic E-state index is -0.361. The summed E-state index contributed by atoms with van der Waals surface area (Å²) in [6.07, 6.45) is 10.7. The Balaban J connectivity index is 1.24. The van der Waals surface area contributed by atoms with Crippen molar-refractivity contribution in [2.45, 2.75) is 261 Å². The number of fused-ring (bicyclic) bond motifs is 10. The van der Waals surface area contributed by atoms with Crippen LogP contribution in [0.2, 0.25) is 0 Å². The Morgan fingerprint density at radius 3 is 1.43 bits per heavy atom. The molecule has 0 amide bonds. The molecule has 3 atom stereocenters. The third kappa shape index (κ3) is 7.02. The molecule has 4 aliphatic carbocycles. The number of hydrogen-bond acceptors (Lipinski definition) is 3. The Labute approximate surface area is 454 Å². The third-order valence-corrected chi connectivity index (χ3v) is 23.9. The van der Waals surface area contributed by atoms with Crippen LogP contribution in [-0.4, -0.2) is 11.9 Å². The van der Waals surface area contributed by atoms with Gasteiger partial charge in [-0.15, -0.1) is 11.8 Å². The Hall–Kier alpha value is -3.89. The van der Waals surface area contributed by atoms with Gasteiger partial charge in [0.15, 0.2) is 0 Å². The summed E-state index contributed by atoms with van der Waals surface area (Å²) < 4.78 is 0. The van der Waals surface area contributed by atoms with Crippen LogP contribution in [0.1, 0.15) is 256 Å². The highest BCUT2D eigenvalue weighted by atomic mass is 32.2. The average molecular weight is 1000 g/mol. The van der Waals surface area contributed by atoms with Crippen LogP contribution in [0.25, 0.3) is 0 Å². The van der Waals surface area contributed by atoms with Gasteiger partial charge in [0.2, 0.25) is 6.71 Å². The molecule has 12 rings (SSSR count). The van der Waals surface area contributed by atoms with E-state index in [1.54, 1.807) is 33.4 Å². The fraction of sp³-hybridized carbons (Fsp3) is 0.571. The second-order valence-electron chi connectivity index (χ2n) is 31.0. The van der Waals surface area contributed by atoms with E-state index in [1.807, 2.05) is 0 Å². The van der Waals surface area contributed by atoms with Gasteiger partial charge in [0.25, 0.3) is 0 Å². The number of thioether (sulfide) groups is 1. The monoisotopic (exact) mass is 1000 g/mol. The van der Waals surface area contributed by atoms with Crippen LogP contribution in [0, 0.1) is 6.92 Å². The molecule has 0 saturated heterocycles. The first kappa shape index (κ1) is 50.9. The second kappa shape index (κ2) is 15.7. The number of rotatable bonds is 4. The molecule has 0 spiro atoms. The molecule has 3 heterocycles. The number of nitrogens with zero attached hydrogens (tertiary/aromatic N) is 2. The normalized spacial score (nSPS) is 26.3. The summed E-state index contributed by atoms with van der Waals surface area (Å²) in [4.78, 5) is 7.31. The zero-order valence-corrected chi connectivity index (χ0v) is 50.6. The molecule has 4 heteroatoms. The second-order valence-corrected chi connectivity index (χ2v) is 32.1. The van der Waals surface area contributed by atoms with Gasteiger partial charge < -0.3 is 9.80 Å². The predicted molar refractivity (Wildman–Crippen MR) is 323 cm³/mol. The summed E-state index contributed by atoms with van der Waals surface area (Å²) in [5.41, 5.74) is 27.2. The number of hydrogen-bond donors (Lipinski definition) is 0. The SMILES string of the molecule is CCC(C)c1cc2c3c(c1)N(c1ccc4c(c1)C(C)(C)CCC4(C)C)C1(C)c4cc5c(cc4S[C@@H]1B3c1cc3c(cc1N2c1cc2c(cc1C)C(C)(C)CCC2(C)C)C(C)(C)CCC3(C)C)C(C)(C)CCC5(C)C. The Morgan fingerprint density at radius 1 is 0.473 bits per heavy atom. The molecule has 0 saturated carbocycles. The molecular weight excluding hydrogens is 912 g/mol. The van der Waals surface area contributed by atoms with Gasteiger partial charge in [-0.2, -0.15) is 0 Å². The summed E-state index contributed by atoms with van der Waals surface area (Å²) in [7, 11) is 0. The van der Waals surface area contributed by atoms with Crippen LogP contribution in [0.3, 0.4) is 0 Å². The van der Waals surface area contributed by atoms with Gasteiger partial charge in [-0.3, -0.25) is 0 Å². The topological polar surface area (TPSA) is 6.48 Å². The van der Waals surface area contributed by atoms with Crippen LogP contribution >= 0.6 is 11.8 Å². The van der Waals surface area contributed by atoms with Crippen LogP contribution < -0.4 is 20.7 Å². The highest BCUT2D eigenvalue weighted by Crippen LogP contribution is 2.63. The molecule has 5 aromatic carbocycles. The molecule has 74 heavy (non-hydrogen) atoms. The van der Waals surface area contributed by atoms with Gasteiger partial charge in [-0.1, -0.05) is 149 Å². The van der Waals surface area contributed by atoms with Gasteiger partial charge in [-0.05, 0) is 235 Å². The quantitative estimate of drug-likeness (QED) is 0.166. The van der Waals surface area contributed by atoms with Crippen molar-refractivity contribution in [2.24, 2.45) is 0 Å². The molecule has 7 aliphatic rings. The van der Waals surface area contributed by atoms with Crippen molar-refractivity contribution in [1.29, 1.82) is 0 Å². The average Bonchev–Trinajstić information content (AvgIpc) is 3.62. The summed E-state index contributed by atoms with van der Waals surface area (Å²) in [6.45, 7) is 50.5. The van der Waals surface area contributed by atoms with E-state index >= 15 is 0 Å². The first-order valence-corrected chi connectivity index (χ1v) is 30.3. The lowest BCUT2D eigenvalue weighted by atomic mass is 9.31. The van der Waals surface area contributed by atoms with E-state index < -0.39 is 0 Å². The molecule has 0 radical (unpaired) electrons. The zero-order chi connectivity index (χ0) is 53.2. The molecule has 0 aromatic heterocycles. The van der Waals surface area contributed by atoms with E-state index in [4.69, 9.17) is 0 Å². The third-order valence-electron chi connectivity index (χ3n) is 22.3. The molecule has 5 aromatic rings. The lowest BCUT2D eigenvalue weighted by molar-refractivity contribution is 0.330. The largest absolute Gasteiger partial charge is 0.331 e. The van der Waals surface area contributed by atoms with Crippen LogP contribution in [-0.2, 0) is 48.9 Å². The number of anilines is 5. The minimum Gasteiger partial charge on any atom is -0.331 e. The highest BCUT2D eigenvalue weighted by molar-refractivity contribution is 8.02. The summed E-state index contributed by atoms with van der Waals surface area (Å²) in [5.74, 6) is 0.391. The lowest BCUT2D eigenvalue weighted by Crippen LogP contribution is -2.68. The van der Waals surface area contributed by atoms with Crippen molar-refractivity contribution in [3.8, 4) is 0 Å². The van der Waals surface area contributed by atoms with Crippen LogP contribution in [0.15, 0.2) is 71.6 Å². The molecule has 0 N–H and O–H groups in total. The maximum absolute atomic E-state index is 2.96. The van der Waals surface area contributed by atoms with Crippen LogP contribution in [0.5, 0.6) is 0 Å². The van der Waals surface area contributed by atoms with Gasteiger partial charge in [0, 0.05) is 38.5 Å². The number of aryl methyl sites for hydroxylation is 1. The van der Waals surface area contributed by atoms with Crippen molar-refractivity contribution in [1.82, 2.24) is 0 Å². The Kier molecular flexibility index (Phi) is 10.8. The maximum atomic E-state index is 2.96. The summed E-state index contributed by atoms with van der Waals surface area (Å²) in [6, 6.07) is 29.6. The van der Waals surface area contributed by atoms with Crippen molar-refractivity contribution in [3.05, 3.63) is 128 Å². The predicted octanol–water partition coefficient (Wildman–Crippen LogP) is 18.4. The molecular formula is C70H91BN2S. The Bertz CT molecular complexity index is 3230. The maximum Gasteiger partial charge on any atom is 0.234 e. The lowest BCUT2D eigenvalue weighted by Gasteiger charge is -2.55. The van der Waals surface area contributed by atoms with Crippen molar-refractivity contribution >= 4 is 57.8 Å². The van der Waals surface area contributed by atoms with E-state index in [2.05, 4.69) is 227 Å². The van der Waals surface area contributed by atoms with Crippen molar-refractivity contribution in [3.63, 3.8) is 0 Å². The molecule has 390 valence electrons. The first-order valence-electron chi connectivity index (χ1n) is 29.4. The van der Waals surface area contributed by atoms with Gasteiger partial charge in [0.05, 0.1) is 5.54 Å². The van der Waals surface area contributed by atoms with Crippen molar-refractivity contribution < 1.29 is 0 Å². The van der Waals surface area contributed by atoms with Crippen molar-refractivity contribution in [2.75, 3.05) is 9.80 Å². The van der Waals surface area contributed by atoms with E-state index in [1.165, 1.54) is 123 Å². The Morgan fingerprint density at radius 2 is 0.905 bits per heavy atom. The van der Waals surface area contributed by atoms with Crippen LogP contribution in [0.4, 0.5) is 28.4 Å². The van der Waals surface area contributed by atoms with E-state index in [0.717, 1.165) is 6.42 Å². The highest BCUT2D eigenvalue weighted by Gasteiger charge is 2.62. The first-order chi connectivity index (χ1) is 34.3. The smallest absolute Gasteiger partial charge is 0.234 e. The minimum absolute atomic E-state index is 0.0656. The summed E-state index contributed by atoms with van der Waals surface area (Å²) >= 11 is 2.23. The van der Waals surface area contributed by atoms with Gasteiger partial charge in [0.1, 0.15) is 0 Å². The number of benzene rings is 5. The molecule has 0 bridgehead atoms. The fourth-order valence-electron chi connectivity index (χ4n) is 16.2. The van der Waals surface area contributed by atoms with E-state index in [9.17, 15) is 0 Å². The summed E-state index contributed by atoms with van der Waals surface area (Å²) in [5, 5.41) is 0.219. The molecule has 0 fully saturated rings. The molecule has 3 aliphatic heterocycles. The standard InChI is InChI=1S/C70H91BN2S/c1-21-41(2)43-33-57-60-58(34-43)73(44-22-23-45-47(35-44)64(8,9)25-24-62(45,4)5)70(20)53-36-48-52(69(18,19)31-27-65(48,10)11)40-59(53)74-61(70)71(60)54-37-49-51(68(16,17)30-28-66(49,12)13)39-56(54)72(57)55-38-50-46(32-42(55)3)63(6,7)26-29-67(50,14)15/h22-23,32-41,61H,21,24-31H2,1-20H3/t41?,61-,70?/m0/s1. The zero-order valence-electron chi connectivity index (χ0n) is 49.7. The molecule has 2 unspecified atom stereocenters. The molecule has 2 nitrogen and oxygen atoms in total. The van der Waals surface area contributed by atoms with E-state index in [0.29, 0.717) is 5.92 Å². The van der Waals surface area contributed by atoms with E-state index in [-0.39, 0.29) is 60.7 Å². The van der Waals surface area contributed by atoms with Gasteiger partial charge >= 0.3 is 0 Å². The van der Waals surface area contributed by atoms with Gasteiger partial charge in [-0.25, -0.2) is 0 Å².